The fraction of sp³-hybridized carbons (Fsp3) is 0.417. The number of hydrogen-bond acceptors (Lipinski definition) is 6. The molecule has 1 rings (SSSR count). The second-order valence-corrected chi connectivity index (χ2v) is 4.04. The summed E-state index contributed by atoms with van der Waals surface area (Å²) in [4.78, 5) is 21.3. The fourth-order valence-electron chi connectivity index (χ4n) is 1.44. The highest BCUT2D eigenvalue weighted by molar-refractivity contribution is 5.67. The molecule has 0 heterocycles. The van der Waals surface area contributed by atoms with E-state index in [2.05, 4.69) is 5.32 Å². The molecule has 0 saturated heterocycles. The molecule has 8 nitrogen and oxygen atoms in total. The molecule has 1 atom stereocenters. The Morgan fingerprint density at radius 2 is 2.00 bits per heavy atom. The number of nitro benzene ring substituents is 1. The predicted molar refractivity (Wildman–Crippen MR) is 69.0 cm³/mol. The van der Waals surface area contributed by atoms with Crippen LogP contribution < -0.4 is 5.32 Å². The van der Waals surface area contributed by atoms with Gasteiger partial charge in [0.2, 0.25) is 0 Å². The lowest BCUT2D eigenvalue weighted by atomic mass is 10.2. The number of nitro groups is 1. The van der Waals surface area contributed by atoms with Gasteiger partial charge in [0.1, 0.15) is 6.61 Å². The van der Waals surface area contributed by atoms with Gasteiger partial charge < -0.3 is 20.3 Å². The van der Waals surface area contributed by atoms with Crippen molar-refractivity contribution in [3.8, 4) is 0 Å². The van der Waals surface area contributed by atoms with Gasteiger partial charge in [-0.25, -0.2) is 4.79 Å². The van der Waals surface area contributed by atoms with Gasteiger partial charge in [-0.1, -0.05) is 0 Å². The highest BCUT2D eigenvalue weighted by Gasteiger charge is 2.12. The molecule has 0 radical (unpaired) electrons. The van der Waals surface area contributed by atoms with E-state index in [0.29, 0.717) is 5.56 Å². The van der Waals surface area contributed by atoms with Crippen molar-refractivity contribution in [1.29, 1.82) is 0 Å². The van der Waals surface area contributed by atoms with Crippen LogP contribution >= 0.6 is 0 Å². The number of alkyl carbamates (subject to hydrolysis) is 1. The second-order valence-electron chi connectivity index (χ2n) is 4.04. The number of non-ortho nitro benzene ring substituents is 1. The molecular formula is C12H16N2O6. The molecule has 0 aliphatic carbocycles. The number of ether oxygens (including phenoxy) is 1. The maximum Gasteiger partial charge on any atom is 0.407 e. The van der Waals surface area contributed by atoms with Crippen LogP contribution in [0.3, 0.4) is 0 Å². The van der Waals surface area contributed by atoms with E-state index < -0.39 is 17.1 Å². The Morgan fingerprint density at radius 3 is 2.50 bits per heavy atom. The molecular weight excluding hydrogens is 268 g/mol. The van der Waals surface area contributed by atoms with Crippen molar-refractivity contribution in [1.82, 2.24) is 5.32 Å². The standard InChI is InChI=1S/C12H16N2O6/c15-6-5-10(7-16)13-12(17)20-8-9-1-3-11(4-2-9)14(18)19/h1-4,10,15-16H,5-8H2,(H,13,17)/t10-/m0/s1. The minimum atomic E-state index is -0.726. The van der Waals surface area contributed by atoms with Gasteiger partial charge in [-0.3, -0.25) is 10.1 Å². The summed E-state index contributed by atoms with van der Waals surface area (Å²) in [7, 11) is 0. The quantitative estimate of drug-likeness (QED) is 0.497. The highest BCUT2D eigenvalue weighted by atomic mass is 16.6. The number of aliphatic hydroxyl groups is 2. The molecule has 1 aromatic rings. The van der Waals surface area contributed by atoms with Crippen LogP contribution in [0.4, 0.5) is 10.5 Å². The van der Waals surface area contributed by atoms with Crippen molar-refractivity contribution in [3.05, 3.63) is 39.9 Å². The van der Waals surface area contributed by atoms with E-state index in [9.17, 15) is 14.9 Å². The van der Waals surface area contributed by atoms with E-state index in [-0.39, 0.29) is 31.9 Å². The van der Waals surface area contributed by atoms with Gasteiger partial charge in [0.25, 0.3) is 5.69 Å². The smallest absolute Gasteiger partial charge is 0.407 e. The summed E-state index contributed by atoms with van der Waals surface area (Å²) in [5, 5.41) is 30.5. The van der Waals surface area contributed by atoms with Crippen molar-refractivity contribution in [2.75, 3.05) is 13.2 Å². The maximum atomic E-state index is 11.4. The van der Waals surface area contributed by atoms with Crippen LogP contribution in [0.1, 0.15) is 12.0 Å². The molecule has 3 N–H and O–H groups in total. The molecule has 0 saturated carbocycles. The Balaban J connectivity index is 2.42. The van der Waals surface area contributed by atoms with Crippen LogP contribution in [0, 0.1) is 10.1 Å². The summed E-state index contributed by atoms with van der Waals surface area (Å²) in [5.74, 6) is 0. The predicted octanol–water partition coefficient (Wildman–Crippen LogP) is 0.564. The van der Waals surface area contributed by atoms with Crippen LogP contribution in [-0.4, -0.2) is 40.5 Å². The molecule has 0 aliphatic heterocycles. The van der Waals surface area contributed by atoms with E-state index in [1.165, 1.54) is 24.3 Å². The van der Waals surface area contributed by atoms with Crippen molar-refractivity contribution in [2.45, 2.75) is 19.1 Å². The molecule has 0 unspecified atom stereocenters. The third-order valence-corrected chi connectivity index (χ3v) is 2.54. The molecule has 1 aromatic carbocycles. The number of carbonyl (C=O) groups is 1. The minimum Gasteiger partial charge on any atom is -0.445 e. The zero-order valence-electron chi connectivity index (χ0n) is 10.7. The van der Waals surface area contributed by atoms with Gasteiger partial charge in [-0.05, 0) is 24.1 Å². The number of aliphatic hydroxyl groups excluding tert-OH is 2. The summed E-state index contributed by atoms with van der Waals surface area (Å²) >= 11 is 0. The van der Waals surface area contributed by atoms with E-state index in [1.807, 2.05) is 0 Å². The Kier molecular flexibility index (Phi) is 6.41. The largest absolute Gasteiger partial charge is 0.445 e. The normalized spacial score (nSPS) is 11.7. The molecule has 0 fully saturated rings. The molecule has 8 heteroatoms. The van der Waals surface area contributed by atoms with Gasteiger partial charge in [0.05, 0.1) is 17.6 Å². The van der Waals surface area contributed by atoms with Crippen LogP contribution in [0.2, 0.25) is 0 Å². The van der Waals surface area contributed by atoms with E-state index >= 15 is 0 Å². The molecule has 0 aliphatic rings. The van der Waals surface area contributed by atoms with Crippen molar-refractivity contribution in [3.63, 3.8) is 0 Å². The topological polar surface area (TPSA) is 122 Å². The number of rotatable bonds is 7. The van der Waals surface area contributed by atoms with Crippen molar-refractivity contribution >= 4 is 11.8 Å². The van der Waals surface area contributed by atoms with E-state index in [1.54, 1.807) is 0 Å². The average molecular weight is 284 g/mol. The lowest BCUT2D eigenvalue weighted by Gasteiger charge is -2.14. The maximum absolute atomic E-state index is 11.4. The molecule has 1 amide bonds. The Labute approximate surface area is 115 Å². The van der Waals surface area contributed by atoms with Crippen LogP contribution in [-0.2, 0) is 11.3 Å². The van der Waals surface area contributed by atoms with Gasteiger partial charge in [-0.15, -0.1) is 0 Å². The number of nitrogens with one attached hydrogen (secondary N) is 1. The summed E-state index contributed by atoms with van der Waals surface area (Å²) in [6, 6.07) is 5.05. The van der Waals surface area contributed by atoms with Crippen LogP contribution in [0.25, 0.3) is 0 Å². The summed E-state index contributed by atoms with van der Waals surface area (Å²) in [6.07, 6.45) is -0.501. The van der Waals surface area contributed by atoms with E-state index in [0.717, 1.165) is 0 Å². The van der Waals surface area contributed by atoms with Crippen LogP contribution in [0.15, 0.2) is 24.3 Å². The Morgan fingerprint density at radius 1 is 1.35 bits per heavy atom. The Bertz CT molecular complexity index is 448. The molecule has 0 bridgehead atoms. The first-order valence-electron chi connectivity index (χ1n) is 5.95. The first-order chi connectivity index (χ1) is 9.56. The Hall–Kier alpha value is -2.19. The zero-order chi connectivity index (χ0) is 15.0. The fourth-order valence-corrected chi connectivity index (χ4v) is 1.44. The second kappa shape index (κ2) is 8.08. The SMILES string of the molecule is O=C(N[C@H](CO)CCO)OCc1ccc([N+](=O)[O-])cc1. The van der Waals surface area contributed by atoms with Gasteiger partial charge in [0, 0.05) is 18.7 Å². The first kappa shape index (κ1) is 15.9. The van der Waals surface area contributed by atoms with Gasteiger partial charge in [-0.2, -0.15) is 0 Å². The van der Waals surface area contributed by atoms with Gasteiger partial charge >= 0.3 is 6.09 Å². The number of amides is 1. The lowest BCUT2D eigenvalue weighted by molar-refractivity contribution is -0.384. The van der Waals surface area contributed by atoms with E-state index in [4.69, 9.17) is 14.9 Å². The lowest BCUT2D eigenvalue weighted by Crippen LogP contribution is -2.38. The first-order valence-corrected chi connectivity index (χ1v) is 5.95. The zero-order valence-corrected chi connectivity index (χ0v) is 10.7. The summed E-state index contributed by atoms with van der Waals surface area (Å²) in [5.41, 5.74) is 0.565. The van der Waals surface area contributed by atoms with Crippen molar-refractivity contribution in [2.24, 2.45) is 0 Å². The minimum absolute atomic E-state index is 0.0403. The average Bonchev–Trinajstić information content (AvgIpc) is 2.45. The molecule has 0 spiro atoms. The summed E-state index contributed by atoms with van der Waals surface area (Å²) < 4.78 is 4.89. The monoisotopic (exact) mass is 284 g/mol. The van der Waals surface area contributed by atoms with Crippen molar-refractivity contribution < 1.29 is 24.7 Å². The number of hydrogen-bond donors (Lipinski definition) is 3. The van der Waals surface area contributed by atoms with Gasteiger partial charge in [0.15, 0.2) is 0 Å². The highest BCUT2D eigenvalue weighted by Crippen LogP contribution is 2.12. The summed E-state index contributed by atoms with van der Waals surface area (Å²) in [6.45, 7) is -0.498. The molecule has 0 aromatic heterocycles. The van der Waals surface area contributed by atoms with Crippen LogP contribution in [0.5, 0.6) is 0 Å². The third kappa shape index (κ3) is 5.21. The molecule has 20 heavy (non-hydrogen) atoms. The number of carbonyl (C=O) groups excluding carboxylic acids is 1. The number of nitrogens with zero attached hydrogens (tertiary/aromatic N) is 1. The third-order valence-electron chi connectivity index (χ3n) is 2.54. The number of benzene rings is 1. The molecule has 110 valence electrons.